The van der Waals surface area contributed by atoms with Crippen molar-refractivity contribution in [3.05, 3.63) is 53.9 Å². The fourth-order valence-corrected chi connectivity index (χ4v) is 1.75. The number of aliphatic imine (C=N–C) groups is 1. The number of aromatic nitrogens is 2. The molecule has 0 saturated heterocycles. The first-order valence-electron chi connectivity index (χ1n) is 6.25. The Hall–Kier alpha value is -1.57. The van der Waals surface area contributed by atoms with Gasteiger partial charge in [-0.25, -0.2) is 0 Å². The molecule has 0 bridgehead atoms. The molecule has 5 nitrogen and oxygen atoms in total. The van der Waals surface area contributed by atoms with Crippen LogP contribution in [0.25, 0.3) is 0 Å². The van der Waals surface area contributed by atoms with Gasteiger partial charge < -0.3 is 10.6 Å². The first-order chi connectivity index (χ1) is 9.29. The Kier molecular flexibility index (Phi) is 7.06. The lowest BCUT2D eigenvalue weighted by molar-refractivity contribution is 0.684. The molecule has 1 heterocycles. The van der Waals surface area contributed by atoms with Crippen molar-refractivity contribution in [2.75, 3.05) is 7.05 Å². The van der Waals surface area contributed by atoms with Crippen molar-refractivity contribution < 1.29 is 0 Å². The van der Waals surface area contributed by atoms with Gasteiger partial charge in [-0.1, -0.05) is 30.3 Å². The molecule has 20 heavy (non-hydrogen) atoms. The molecule has 1 aromatic heterocycles. The average molecular weight is 385 g/mol. The highest BCUT2D eigenvalue weighted by Crippen LogP contribution is 1.98. The monoisotopic (exact) mass is 385 g/mol. The summed E-state index contributed by atoms with van der Waals surface area (Å²) in [5.74, 6) is 0.782. The maximum absolute atomic E-state index is 4.20. The van der Waals surface area contributed by atoms with Gasteiger partial charge in [-0.2, -0.15) is 5.10 Å². The lowest BCUT2D eigenvalue weighted by Gasteiger charge is -2.12. The highest BCUT2D eigenvalue weighted by atomic mass is 127. The summed E-state index contributed by atoms with van der Waals surface area (Å²) in [5, 5.41) is 10.7. The summed E-state index contributed by atoms with van der Waals surface area (Å²) in [6.07, 6.45) is 1.79. The number of aryl methyl sites for hydroxylation is 1. The Morgan fingerprint density at radius 2 is 1.85 bits per heavy atom. The molecule has 0 aliphatic heterocycles. The van der Waals surface area contributed by atoms with Gasteiger partial charge in [0.2, 0.25) is 0 Å². The van der Waals surface area contributed by atoms with E-state index in [4.69, 9.17) is 0 Å². The maximum atomic E-state index is 4.20. The van der Waals surface area contributed by atoms with Crippen LogP contribution in [0, 0.1) is 0 Å². The van der Waals surface area contributed by atoms with E-state index in [1.165, 1.54) is 5.56 Å². The third-order valence-corrected chi connectivity index (χ3v) is 2.89. The maximum Gasteiger partial charge on any atom is 0.191 e. The molecule has 6 heteroatoms. The van der Waals surface area contributed by atoms with Crippen LogP contribution in [-0.4, -0.2) is 22.8 Å². The molecule has 0 fully saturated rings. The summed E-state index contributed by atoms with van der Waals surface area (Å²) in [4.78, 5) is 4.20. The lowest BCUT2D eigenvalue weighted by atomic mass is 10.2. The largest absolute Gasteiger partial charge is 0.352 e. The minimum Gasteiger partial charge on any atom is -0.352 e. The number of rotatable bonds is 4. The number of nitrogens with zero attached hydrogens (tertiary/aromatic N) is 3. The van der Waals surface area contributed by atoms with Crippen molar-refractivity contribution in [1.29, 1.82) is 0 Å². The zero-order valence-electron chi connectivity index (χ0n) is 11.7. The van der Waals surface area contributed by atoms with E-state index in [2.05, 4.69) is 32.9 Å². The van der Waals surface area contributed by atoms with Gasteiger partial charge in [-0.3, -0.25) is 9.67 Å². The van der Waals surface area contributed by atoms with E-state index >= 15 is 0 Å². The molecule has 0 amide bonds. The van der Waals surface area contributed by atoms with E-state index in [1.54, 1.807) is 13.2 Å². The molecule has 108 valence electrons. The van der Waals surface area contributed by atoms with E-state index in [9.17, 15) is 0 Å². The van der Waals surface area contributed by atoms with Crippen LogP contribution in [-0.2, 0) is 20.1 Å². The number of halogens is 1. The van der Waals surface area contributed by atoms with Crippen LogP contribution in [0.3, 0.4) is 0 Å². The number of nitrogens with one attached hydrogen (secondary N) is 2. The van der Waals surface area contributed by atoms with Crippen LogP contribution in [0.1, 0.15) is 11.3 Å². The quantitative estimate of drug-likeness (QED) is 0.480. The molecule has 0 radical (unpaired) electrons. The fourth-order valence-electron chi connectivity index (χ4n) is 1.75. The number of hydrogen-bond donors (Lipinski definition) is 2. The van der Waals surface area contributed by atoms with E-state index < -0.39 is 0 Å². The predicted molar refractivity (Wildman–Crippen MR) is 92.1 cm³/mol. The smallest absolute Gasteiger partial charge is 0.191 e. The predicted octanol–water partition coefficient (Wildman–Crippen LogP) is 1.90. The molecule has 0 unspecified atom stereocenters. The van der Waals surface area contributed by atoms with Crippen LogP contribution in [0.15, 0.2) is 47.6 Å². The normalized spacial score (nSPS) is 10.8. The molecular weight excluding hydrogens is 365 g/mol. The van der Waals surface area contributed by atoms with Gasteiger partial charge in [0.1, 0.15) is 0 Å². The van der Waals surface area contributed by atoms with Crippen LogP contribution in [0.5, 0.6) is 0 Å². The van der Waals surface area contributed by atoms with Gasteiger partial charge in [-0.15, -0.1) is 24.0 Å². The van der Waals surface area contributed by atoms with Crippen molar-refractivity contribution in [2.45, 2.75) is 13.1 Å². The summed E-state index contributed by atoms with van der Waals surface area (Å²) in [6, 6.07) is 12.2. The van der Waals surface area contributed by atoms with Crippen LogP contribution >= 0.6 is 24.0 Å². The van der Waals surface area contributed by atoms with Crippen LogP contribution < -0.4 is 10.6 Å². The van der Waals surface area contributed by atoms with Crippen molar-refractivity contribution in [3.63, 3.8) is 0 Å². The molecule has 0 aliphatic carbocycles. The molecule has 2 rings (SSSR count). The van der Waals surface area contributed by atoms with E-state index in [0.29, 0.717) is 6.54 Å². The van der Waals surface area contributed by atoms with Crippen molar-refractivity contribution in [1.82, 2.24) is 20.4 Å². The Balaban J connectivity index is 0.00000200. The fraction of sp³-hybridized carbons (Fsp3) is 0.286. The number of hydrogen-bond acceptors (Lipinski definition) is 2. The molecule has 0 spiro atoms. The summed E-state index contributed by atoms with van der Waals surface area (Å²) in [5.41, 5.74) is 2.34. The molecular formula is C14H20IN5. The topological polar surface area (TPSA) is 54.2 Å². The summed E-state index contributed by atoms with van der Waals surface area (Å²) in [6.45, 7) is 1.46. The van der Waals surface area contributed by atoms with Crippen molar-refractivity contribution in [2.24, 2.45) is 12.0 Å². The summed E-state index contributed by atoms with van der Waals surface area (Å²) < 4.78 is 1.84. The Labute approximate surface area is 136 Å². The lowest BCUT2D eigenvalue weighted by Crippen LogP contribution is -2.36. The third-order valence-electron chi connectivity index (χ3n) is 2.89. The second-order valence-electron chi connectivity index (χ2n) is 4.21. The first kappa shape index (κ1) is 16.5. The summed E-state index contributed by atoms with van der Waals surface area (Å²) >= 11 is 0. The van der Waals surface area contributed by atoms with Crippen LogP contribution in [0.2, 0.25) is 0 Å². The Bertz CT molecular complexity index is 536. The van der Waals surface area contributed by atoms with Gasteiger partial charge in [0.15, 0.2) is 5.96 Å². The van der Waals surface area contributed by atoms with E-state index in [-0.39, 0.29) is 24.0 Å². The average Bonchev–Trinajstić information content (AvgIpc) is 2.86. The van der Waals surface area contributed by atoms with Crippen LogP contribution in [0.4, 0.5) is 0 Å². The molecule has 0 atom stereocenters. The minimum absolute atomic E-state index is 0. The van der Waals surface area contributed by atoms with Gasteiger partial charge in [0.25, 0.3) is 0 Å². The van der Waals surface area contributed by atoms with Gasteiger partial charge in [0.05, 0.1) is 12.2 Å². The number of guanidine groups is 1. The third kappa shape index (κ3) is 4.84. The second-order valence-corrected chi connectivity index (χ2v) is 4.21. The highest BCUT2D eigenvalue weighted by Gasteiger charge is 2.01. The van der Waals surface area contributed by atoms with E-state index in [1.807, 2.05) is 36.0 Å². The highest BCUT2D eigenvalue weighted by molar-refractivity contribution is 14.0. The Morgan fingerprint density at radius 3 is 2.45 bits per heavy atom. The molecule has 0 saturated carbocycles. The van der Waals surface area contributed by atoms with Gasteiger partial charge >= 0.3 is 0 Å². The van der Waals surface area contributed by atoms with Crippen molar-refractivity contribution in [3.8, 4) is 0 Å². The standard InChI is InChI=1S/C14H19N5.HI/c1-15-14(16-10-12-6-4-3-5-7-12)17-11-13-8-9-18-19(13)2;/h3-9H,10-11H2,1-2H3,(H2,15,16,17);1H. The Morgan fingerprint density at radius 1 is 1.15 bits per heavy atom. The SMILES string of the molecule is CN=C(NCc1ccccc1)NCc1ccnn1C.I. The summed E-state index contributed by atoms with van der Waals surface area (Å²) in [7, 11) is 3.70. The van der Waals surface area contributed by atoms with Gasteiger partial charge in [0, 0.05) is 26.8 Å². The molecule has 1 aromatic carbocycles. The second kappa shape index (κ2) is 8.57. The molecule has 0 aliphatic rings. The van der Waals surface area contributed by atoms with Gasteiger partial charge in [-0.05, 0) is 11.6 Å². The zero-order valence-corrected chi connectivity index (χ0v) is 14.0. The molecule has 2 aromatic rings. The number of benzene rings is 1. The first-order valence-corrected chi connectivity index (χ1v) is 6.25. The molecule has 2 N–H and O–H groups in total. The van der Waals surface area contributed by atoms with E-state index in [0.717, 1.165) is 18.2 Å². The minimum atomic E-state index is 0. The zero-order chi connectivity index (χ0) is 13.5. The van der Waals surface area contributed by atoms with Crippen molar-refractivity contribution >= 4 is 29.9 Å².